The molecule has 0 bridgehead atoms. The molecule has 142 valence electrons. The molecule has 0 aliphatic rings. The van der Waals surface area contributed by atoms with Crippen LogP contribution in [-0.4, -0.2) is 18.4 Å². The van der Waals surface area contributed by atoms with Crippen molar-refractivity contribution in [1.29, 1.82) is 0 Å². The lowest BCUT2D eigenvalue weighted by Crippen LogP contribution is -2.38. The Morgan fingerprint density at radius 1 is 0.893 bits per heavy atom. The molecule has 3 aromatic rings. The fraction of sp³-hybridized carbons (Fsp3) is 0.0476. The summed E-state index contributed by atoms with van der Waals surface area (Å²) < 4.78 is 13.5. The highest BCUT2D eigenvalue weighted by Crippen LogP contribution is 2.25. The molecule has 0 spiro atoms. The third-order valence-corrected chi connectivity index (χ3v) is 4.63. The first-order valence-corrected chi connectivity index (χ1v) is 9.07. The van der Waals surface area contributed by atoms with Gasteiger partial charge in [0.15, 0.2) is 0 Å². The number of nitrogens with one attached hydrogen (secondary N) is 1. The van der Waals surface area contributed by atoms with Crippen molar-refractivity contribution in [2.24, 2.45) is 0 Å². The molecule has 0 aliphatic carbocycles. The Hall–Kier alpha value is -2.89. The number of benzene rings is 3. The minimum absolute atomic E-state index is 0.145. The Bertz CT molecular complexity index is 1010. The summed E-state index contributed by atoms with van der Waals surface area (Å²) in [7, 11) is 0. The van der Waals surface area contributed by atoms with E-state index in [0.29, 0.717) is 21.4 Å². The standard InChI is InChI=1S/C21H15Cl2FN2O2/c22-18-10-9-16(12-19(18)23)25-20(27)13-26(17-7-2-1-3-8-17)21(28)14-5-4-6-15(24)11-14/h1-12H,13H2,(H,25,27). The van der Waals surface area contributed by atoms with Crippen LogP contribution in [0.2, 0.25) is 10.0 Å². The molecule has 1 N–H and O–H groups in total. The Balaban J connectivity index is 1.84. The average molecular weight is 417 g/mol. The molecule has 0 aromatic heterocycles. The van der Waals surface area contributed by atoms with E-state index in [9.17, 15) is 14.0 Å². The van der Waals surface area contributed by atoms with Crippen LogP contribution in [0.5, 0.6) is 0 Å². The van der Waals surface area contributed by atoms with Gasteiger partial charge in [0.25, 0.3) is 5.91 Å². The van der Waals surface area contributed by atoms with Crippen molar-refractivity contribution in [2.75, 3.05) is 16.8 Å². The van der Waals surface area contributed by atoms with Gasteiger partial charge in [-0.05, 0) is 48.5 Å². The second-order valence-electron chi connectivity index (χ2n) is 5.91. The fourth-order valence-corrected chi connectivity index (χ4v) is 2.88. The molecular weight excluding hydrogens is 402 g/mol. The summed E-state index contributed by atoms with van der Waals surface area (Å²) in [5.41, 5.74) is 1.11. The molecule has 4 nitrogen and oxygen atoms in total. The van der Waals surface area contributed by atoms with E-state index in [1.807, 2.05) is 0 Å². The van der Waals surface area contributed by atoms with Crippen LogP contribution in [0.15, 0.2) is 72.8 Å². The molecule has 0 aliphatic heterocycles. The zero-order valence-electron chi connectivity index (χ0n) is 14.5. The van der Waals surface area contributed by atoms with Crippen molar-refractivity contribution < 1.29 is 14.0 Å². The largest absolute Gasteiger partial charge is 0.324 e. The minimum atomic E-state index is -0.529. The second kappa shape index (κ2) is 8.87. The van der Waals surface area contributed by atoms with Gasteiger partial charge < -0.3 is 5.32 Å². The first-order chi connectivity index (χ1) is 13.4. The van der Waals surface area contributed by atoms with Crippen LogP contribution in [0.25, 0.3) is 0 Å². The van der Waals surface area contributed by atoms with E-state index >= 15 is 0 Å². The first kappa shape index (κ1) is 19.9. The first-order valence-electron chi connectivity index (χ1n) is 8.31. The van der Waals surface area contributed by atoms with Crippen molar-refractivity contribution in [3.63, 3.8) is 0 Å². The van der Waals surface area contributed by atoms with Gasteiger partial charge >= 0.3 is 0 Å². The number of rotatable bonds is 5. The maximum atomic E-state index is 13.5. The van der Waals surface area contributed by atoms with Gasteiger partial charge in [-0.25, -0.2) is 4.39 Å². The van der Waals surface area contributed by atoms with Gasteiger partial charge in [0.2, 0.25) is 5.91 Å². The molecule has 2 amide bonds. The summed E-state index contributed by atoms with van der Waals surface area (Å²) in [6.45, 7) is -0.264. The normalized spacial score (nSPS) is 10.4. The van der Waals surface area contributed by atoms with Crippen molar-refractivity contribution in [1.82, 2.24) is 0 Å². The van der Waals surface area contributed by atoms with E-state index < -0.39 is 17.6 Å². The van der Waals surface area contributed by atoms with Crippen LogP contribution >= 0.6 is 23.2 Å². The summed E-state index contributed by atoms with van der Waals surface area (Å²) in [5.74, 6) is -1.46. The van der Waals surface area contributed by atoms with Crippen molar-refractivity contribution >= 4 is 46.4 Å². The molecule has 0 heterocycles. The number of amides is 2. The van der Waals surface area contributed by atoms with Crippen LogP contribution in [0.1, 0.15) is 10.4 Å². The predicted octanol–water partition coefficient (Wildman–Crippen LogP) is 5.42. The lowest BCUT2D eigenvalue weighted by molar-refractivity contribution is -0.114. The van der Waals surface area contributed by atoms with E-state index in [-0.39, 0.29) is 12.1 Å². The summed E-state index contributed by atoms with van der Waals surface area (Å²) >= 11 is 11.8. The minimum Gasteiger partial charge on any atom is -0.324 e. The van der Waals surface area contributed by atoms with Gasteiger partial charge in [-0.15, -0.1) is 0 Å². The highest BCUT2D eigenvalue weighted by Gasteiger charge is 2.21. The monoisotopic (exact) mass is 416 g/mol. The van der Waals surface area contributed by atoms with Crippen LogP contribution in [0.4, 0.5) is 15.8 Å². The third-order valence-electron chi connectivity index (χ3n) is 3.89. The molecule has 3 aromatic carbocycles. The number of halogens is 3. The molecule has 7 heteroatoms. The number of hydrogen-bond acceptors (Lipinski definition) is 2. The second-order valence-corrected chi connectivity index (χ2v) is 6.73. The SMILES string of the molecule is O=C(CN(C(=O)c1cccc(F)c1)c1ccccc1)Nc1ccc(Cl)c(Cl)c1. The van der Waals surface area contributed by atoms with Gasteiger partial charge in [-0.3, -0.25) is 14.5 Å². The zero-order valence-corrected chi connectivity index (χ0v) is 16.0. The van der Waals surface area contributed by atoms with E-state index in [4.69, 9.17) is 23.2 Å². The lowest BCUT2D eigenvalue weighted by Gasteiger charge is -2.22. The van der Waals surface area contributed by atoms with Crippen molar-refractivity contribution in [3.05, 3.63) is 94.2 Å². The predicted molar refractivity (Wildman–Crippen MR) is 110 cm³/mol. The van der Waals surface area contributed by atoms with Crippen LogP contribution in [0, 0.1) is 5.82 Å². The van der Waals surface area contributed by atoms with E-state index in [1.165, 1.54) is 29.2 Å². The summed E-state index contributed by atoms with van der Waals surface area (Å²) in [4.78, 5) is 26.7. The molecule has 28 heavy (non-hydrogen) atoms. The van der Waals surface area contributed by atoms with Crippen LogP contribution < -0.4 is 10.2 Å². The topological polar surface area (TPSA) is 49.4 Å². The van der Waals surface area contributed by atoms with Crippen LogP contribution in [0.3, 0.4) is 0 Å². The molecule has 3 rings (SSSR count). The molecule has 0 atom stereocenters. The van der Waals surface area contributed by atoms with E-state index in [1.54, 1.807) is 42.5 Å². The average Bonchev–Trinajstić information content (AvgIpc) is 2.69. The summed E-state index contributed by atoms with van der Waals surface area (Å²) in [5, 5.41) is 3.35. The van der Waals surface area contributed by atoms with Crippen molar-refractivity contribution in [2.45, 2.75) is 0 Å². The highest BCUT2D eigenvalue weighted by atomic mass is 35.5. The third kappa shape index (κ3) is 4.88. The summed E-state index contributed by atoms with van der Waals surface area (Å²) in [6.07, 6.45) is 0. The fourth-order valence-electron chi connectivity index (χ4n) is 2.58. The number of carbonyl (C=O) groups is 2. The smallest absolute Gasteiger partial charge is 0.258 e. The van der Waals surface area contributed by atoms with Gasteiger partial charge in [0.1, 0.15) is 12.4 Å². The maximum Gasteiger partial charge on any atom is 0.258 e. The number of carbonyl (C=O) groups excluding carboxylic acids is 2. The van der Waals surface area contributed by atoms with E-state index in [0.717, 1.165) is 6.07 Å². The Labute approximate surface area is 171 Å². The van der Waals surface area contributed by atoms with Gasteiger partial charge in [0.05, 0.1) is 10.0 Å². The highest BCUT2D eigenvalue weighted by molar-refractivity contribution is 6.42. The molecular formula is C21H15Cl2FN2O2. The number of anilines is 2. The quantitative estimate of drug-likeness (QED) is 0.603. The summed E-state index contributed by atoms with van der Waals surface area (Å²) in [6, 6.07) is 18.7. The zero-order chi connectivity index (χ0) is 20.1. The number of hydrogen-bond donors (Lipinski definition) is 1. The van der Waals surface area contributed by atoms with Crippen molar-refractivity contribution in [3.8, 4) is 0 Å². The van der Waals surface area contributed by atoms with Gasteiger partial charge in [-0.1, -0.05) is 47.5 Å². The molecule has 0 fully saturated rings. The van der Waals surface area contributed by atoms with E-state index in [2.05, 4.69) is 5.32 Å². The Morgan fingerprint density at radius 2 is 1.64 bits per heavy atom. The molecule has 0 unspecified atom stereocenters. The van der Waals surface area contributed by atoms with Gasteiger partial charge in [0, 0.05) is 16.9 Å². The molecule has 0 radical (unpaired) electrons. The molecule has 0 saturated heterocycles. The Kier molecular flexibility index (Phi) is 6.29. The number of nitrogens with zero attached hydrogens (tertiary/aromatic N) is 1. The molecule has 0 saturated carbocycles. The lowest BCUT2D eigenvalue weighted by atomic mass is 10.1. The number of para-hydroxylation sites is 1. The van der Waals surface area contributed by atoms with Gasteiger partial charge in [-0.2, -0.15) is 0 Å². The Morgan fingerprint density at radius 3 is 2.32 bits per heavy atom. The maximum absolute atomic E-state index is 13.5. The van der Waals surface area contributed by atoms with Crippen LogP contribution in [-0.2, 0) is 4.79 Å².